The number of rotatable bonds is 3. The topological polar surface area (TPSA) is 89.3 Å². The van der Waals surface area contributed by atoms with Crippen molar-refractivity contribution in [2.24, 2.45) is 5.14 Å². The quantitative estimate of drug-likeness (QED) is 0.755. The van der Waals surface area contributed by atoms with E-state index in [1.165, 1.54) is 18.2 Å². The molecule has 2 aromatic rings. The van der Waals surface area contributed by atoms with Gasteiger partial charge in [0.2, 0.25) is 10.0 Å². The van der Waals surface area contributed by atoms with Gasteiger partial charge in [0.15, 0.2) is 0 Å². The number of nitrogens with two attached hydrogens (primary N) is 1. The van der Waals surface area contributed by atoms with Gasteiger partial charge < -0.3 is 5.32 Å². The molecule has 5 nitrogen and oxygen atoms in total. The van der Waals surface area contributed by atoms with Crippen molar-refractivity contribution in [3.8, 4) is 0 Å². The van der Waals surface area contributed by atoms with Crippen molar-refractivity contribution in [1.29, 1.82) is 0 Å². The Morgan fingerprint density at radius 2 is 1.82 bits per heavy atom. The van der Waals surface area contributed by atoms with Gasteiger partial charge in [-0.2, -0.15) is 0 Å². The van der Waals surface area contributed by atoms with Crippen molar-refractivity contribution in [3.05, 3.63) is 56.5 Å². The second-order valence-electron chi connectivity index (χ2n) is 4.60. The van der Waals surface area contributed by atoms with Gasteiger partial charge in [0, 0.05) is 14.6 Å². The lowest BCUT2D eigenvalue weighted by Gasteiger charge is -2.11. The Hall–Kier alpha value is -1.22. The molecule has 2 rings (SSSR count). The second-order valence-corrected chi connectivity index (χ2v) is 7.93. The fourth-order valence-corrected chi connectivity index (χ4v) is 3.25. The molecule has 0 atom stereocenters. The fourth-order valence-electron chi connectivity index (χ4n) is 1.81. The Morgan fingerprint density at radius 3 is 2.41 bits per heavy atom. The summed E-state index contributed by atoms with van der Waals surface area (Å²) in [5.74, 6) is -0.428. The number of aryl methyl sites for hydroxylation is 1. The molecule has 22 heavy (non-hydrogen) atoms. The van der Waals surface area contributed by atoms with E-state index in [4.69, 9.17) is 5.14 Å². The molecule has 0 aliphatic heterocycles. The number of carbonyl (C=O) groups excluding carboxylic acids is 1. The zero-order valence-corrected chi connectivity index (χ0v) is 15.4. The van der Waals surface area contributed by atoms with Crippen molar-refractivity contribution in [2.45, 2.75) is 11.8 Å². The summed E-state index contributed by atoms with van der Waals surface area (Å²) in [6.45, 7) is 1.86. The van der Waals surface area contributed by atoms with E-state index in [0.29, 0.717) is 10.2 Å². The molecule has 0 saturated heterocycles. The third-order valence-corrected chi connectivity index (χ3v) is 5.04. The minimum Gasteiger partial charge on any atom is -0.322 e. The van der Waals surface area contributed by atoms with Crippen LogP contribution < -0.4 is 10.5 Å². The number of primary sulfonamides is 1. The summed E-state index contributed by atoms with van der Waals surface area (Å²) < 4.78 is 24.2. The predicted octanol–water partition coefficient (Wildman–Crippen LogP) is 3.42. The summed E-state index contributed by atoms with van der Waals surface area (Å²) in [6.07, 6.45) is 0. The highest BCUT2D eigenvalue weighted by atomic mass is 79.9. The number of hydrogen-bond acceptors (Lipinski definition) is 3. The number of anilines is 1. The van der Waals surface area contributed by atoms with Crippen LogP contribution in [0.5, 0.6) is 0 Å². The number of carbonyl (C=O) groups is 1. The largest absolute Gasteiger partial charge is 0.322 e. The van der Waals surface area contributed by atoms with Gasteiger partial charge in [-0.15, -0.1) is 0 Å². The summed E-state index contributed by atoms with van der Waals surface area (Å²) in [4.78, 5) is 12.2. The van der Waals surface area contributed by atoms with Crippen molar-refractivity contribution in [3.63, 3.8) is 0 Å². The highest BCUT2D eigenvalue weighted by molar-refractivity contribution is 9.10. The molecule has 0 radical (unpaired) electrons. The summed E-state index contributed by atoms with van der Waals surface area (Å²) in [7, 11) is -3.87. The SMILES string of the molecule is Cc1cc(Br)ccc1NC(=O)c1cc(S(N)(=O)=O)ccc1Br. The Labute approximate surface area is 145 Å². The molecule has 2 aromatic carbocycles. The van der Waals surface area contributed by atoms with Crippen LogP contribution in [-0.4, -0.2) is 14.3 Å². The molecule has 8 heteroatoms. The molecular weight excluding hydrogens is 436 g/mol. The second kappa shape index (κ2) is 6.49. The molecule has 0 aliphatic rings. The maximum atomic E-state index is 12.4. The molecule has 1 amide bonds. The highest BCUT2D eigenvalue weighted by Gasteiger charge is 2.16. The Balaban J connectivity index is 2.37. The number of nitrogens with one attached hydrogen (secondary N) is 1. The van der Waals surface area contributed by atoms with Crippen LogP contribution in [0.2, 0.25) is 0 Å². The van der Waals surface area contributed by atoms with Gasteiger partial charge in [0.05, 0.1) is 10.5 Å². The van der Waals surface area contributed by atoms with E-state index in [1.807, 2.05) is 13.0 Å². The van der Waals surface area contributed by atoms with Crippen LogP contribution in [0, 0.1) is 6.92 Å². The molecule has 3 N–H and O–H groups in total. The first-order chi connectivity index (χ1) is 10.2. The van der Waals surface area contributed by atoms with Gasteiger partial charge in [0.25, 0.3) is 5.91 Å². The van der Waals surface area contributed by atoms with Crippen molar-refractivity contribution in [2.75, 3.05) is 5.32 Å². The van der Waals surface area contributed by atoms with Gasteiger partial charge in [-0.1, -0.05) is 15.9 Å². The van der Waals surface area contributed by atoms with Crippen LogP contribution in [0.1, 0.15) is 15.9 Å². The van der Waals surface area contributed by atoms with E-state index in [-0.39, 0.29) is 10.5 Å². The average molecular weight is 448 g/mol. The standard InChI is InChI=1S/C14H12Br2N2O3S/c1-8-6-9(15)2-5-13(8)18-14(19)11-7-10(22(17,20)21)3-4-12(11)16/h2-7H,1H3,(H,18,19)(H2,17,20,21). The first-order valence-corrected chi connectivity index (χ1v) is 9.21. The van der Waals surface area contributed by atoms with Crippen LogP contribution >= 0.6 is 31.9 Å². The van der Waals surface area contributed by atoms with E-state index in [0.717, 1.165) is 10.0 Å². The van der Waals surface area contributed by atoms with Crippen molar-refractivity contribution < 1.29 is 13.2 Å². The minimum atomic E-state index is -3.87. The monoisotopic (exact) mass is 446 g/mol. The lowest BCUT2D eigenvalue weighted by atomic mass is 10.1. The number of benzene rings is 2. The van der Waals surface area contributed by atoms with Gasteiger partial charge in [-0.3, -0.25) is 4.79 Å². The summed E-state index contributed by atoms with van der Waals surface area (Å²) >= 11 is 6.59. The van der Waals surface area contributed by atoms with Crippen LogP contribution in [0.15, 0.2) is 50.2 Å². The minimum absolute atomic E-state index is 0.117. The van der Waals surface area contributed by atoms with E-state index >= 15 is 0 Å². The summed E-state index contributed by atoms with van der Waals surface area (Å²) in [5, 5.41) is 7.84. The molecule has 0 heterocycles. The molecule has 0 fully saturated rings. The van der Waals surface area contributed by atoms with Crippen molar-refractivity contribution in [1.82, 2.24) is 0 Å². The van der Waals surface area contributed by atoms with Gasteiger partial charge in [-0.05, 0) is 64.8 Å². The lowest BCUT2D eigenvalue weighted by molar-refractivity contribution is 0.102. The number of amides is 1. The number of sulfonamides is 1. The molecule has 0 saturated carbocycles. The molecule has 0 aromatic heterocycles. The molecular formula is C14H12Br2N2O3S. The van der Waals surface area contributed by atoms with Gasteiger partial charge in [-0.25, -0.2) is 13.6 Å². The highest BCUT2D eigenvalue weighted by Crippen LogP contribution is 2.24. The maximum Gasteiger partial charge on any atom is 0.256 e. The number of hydrogen-bond donors (Lipinski definition) is 2. The van der Waals surface area contributed by atoms with Gasteiger partial charge in [0.1, 0.15) is 0 Å². The normalized spacial score (nSPS) is 11.3. The molecule has 0 spiro atoms. The Morgan fingerprint density at radius 1 is 1.14 bits per heavy atom. The summed E-state index contributed by atoms with van der Waals surface area (Å²) in [5.41, 5.74) is 1.71. The fraction of sp³-hybridized carbons (Fsp3) is 0.0714. The van der Waals surface area contributed by atoms with E-state index < -0.39 is 15.9 Å². The molecule has 0 bridgehead atoms. The molecule has 0 aliphatic carbocycles. The smallest absolute Gasteiger partial charge is 0.256 e. The maximum absolute atomic E-state index is 12.4. The Kier molecular flexibility index (Phi) is 5.06. The predicted molar refractivity (Wildman–Crippen MR) is 92.3 cm³/mol. The van der Waals surface area contributed by atoms with Crippen LogP contribution in [0.3, 0.4) is 0 Å². The zero-order valence-electron chi connectivity index (χ0n) is 11.4. The molecule has 0 unspecified atom stereocenters. The van der Waals surface area contributed by atoms with Crippen LogP contribution in [-0.2, 0) is 10.0 Å². The van der Waals surface area contributed by atoms with Crippen LogP contribution in [0.4, 0.5) is 5.69 Å². The van der Waals surface area contributed by atoms with E-state index in [1.54, 1.807) is 12.1 Å². The molecule has 116 valence electrons. The summed E-state index contributed by atoms with van der Waals surface area (Å²) in [6, 6.07) is 9.48. The Bertz CT molecular complexity index is 851. The third-order valence-electron chi connectivity index (χ3n) is 2.95. The zero-order chi connectivity index (χ0) is 16.5. The average Bonchev–Trinajstić information content (AvgIpc) is 2.41. The van der Waals surface area contributed by atoms with E-state index in [9.17, 15) is 13.2 Å². The third kappa shape index (κ3) is 3.95. The van der Waals surface area contributed by atoms with Crippen LogP contribution in [0.25, 0.3) is 0 Å². The van der Waals surface area contributed by atoms with Crippen molar-refractivity contribution >= 4 is 53.5 Å². The lowest BCUT2D eigenvalue weighted by Crippen LogP contribution is -2.16. The first kappa shape index (κ1) is 17.1. The first-order valence-electron chi connectivity index (χ1n) is 6.08. The van der Waals surface area contributed by atoms with Gasteiger partial charge >= 0.3 is 0 Å². The van der Waals surface area contributed by atoms with E-state index in [2.05, 4.69) is 37.2 Å². The number of halogens is 2.